The van der Waals surface area contributed by atoms with Crippen LogP contribution in [0.5, 0.6) is 0 Å². The zero-order valence-electron chi connectivity index (χ0n) is 10.0. The fraction of sp³-hybridized carbons (Fsp3) is 0. The molecule has 1 amide bonds. The van der Waals surface area contributed by atoms with Gasteiger partial charge in [-0.2, -0.15) is 5.10 Å². The molecule has 0 fully saturated rings. The molecule has 0 spiro atoms. The Morgan fingerprint density at radius 1 is 1.50 bits per heavy atom. The summed E-state index contributed by atoms with van der Waals surface area (Å²) in [5.74, 6) is -0.385. The molecule has 0 unspecified atom stereocenters. The van der Waals surface area contributed by atoms with Crippen molar-refractivity contribution in [1.82, 2.24) is 19.8 Å². The predicted octanol–water partition coefficient (Wildman–Crippen LogP) is 2.21. The summed E-state index contributed by atoms with van der Waals surface area (Å²) < 4.78 is 1.80. The maximum absolute atomic E-state index is 11.7. The van der Waals surface area contributed by atoms with Crippen molar-refractivity contribution in [2.45, 2.75) is 0 Å². The lowest BCUT2D eigenvalue weighted by molar-refractivity contribution is 0.0950. The van der Waals surface area contributed by atoms with Crippen molar-refractivity contribution in [2.24, 2.45) is 5.10 Å². The van der Waals surface area contributed by atoms with Crippen molar-refractivity contribution in [1.29, 1.82) is 0 Å². The van der Waals surface area contributed by atoms with E-state index in [-0.39, 0.29) is 5.91 Å². The summed E-state index contributed by atoms with van der Waals surface area (Å²) >= 11 is 7.47. The van der Waals surface area contributed by atoms with E-state index in [0.29, 0.717) is 16.5 Å². The van der Waals surface area contributed by atoms with Crippen LogP contribution in [0, 0.1) is 0 Å². The first-order valence-electron chi connectivity index (χ1n) is 5.61. The molecule has 0 aliphatic carbocycles. The van der Waals surface area contributed by atoms with Gasteiger partial charge in [0.1, 0.15) is 11.4 Å². The van der Waals surface area contributed by atoms with Crippen molar-refractivity contribution in [2.75, 3.05) is 0 Å². The minimum Gasteiger partial charge on any atom is -0.288 e. The van der Waals surface area contributed by atoms with Crippen LogP contribution < -0.4 is 5.43 Å². The highest BCUT2D eigenvalue weighted by atomic mass is 35.5. The molecule has 0 atom stereocenters. The molecule has 3 aromatic heterocycles. The average molecular weight is 306 g/mol. The Morgan fingerprint density at radius 3 is 3.20 bits per heavy atom. The third-order valence-corrected chi connectivity index (χ3v) is 3.54. The molecule has 3 heterocycles. The Bertz CT molecular complexity index is 780. The van der Waals surface area contributed by atoms with Gasteiger partial charge >= 0.3 is 0 Å². The van der Waals surface area contributed by atoms with E-state index in [2.05, 4.69) is 20.5 Å². The van der Waals surface area contributed by atoms with Gasteiger partial charge in [0.15, 0.2) is 10.1 Å². The maximum Gasteiger partial charge on any atom is 0.289 e. The van der Waals surface area contributed by atoms with Crippen LogP contribution in [0.2, 0.25) is 5.15 Å². The molecule has 100 valence electrons. The Hall–Kier alpha value is -2.25. The number of halogens is 1. The molecule has 3 rings (SSSR count). The summed E-state index contributed by atoms with van der Waals surface area (Å²) in [6, 6.07) is 5.07. The highest BCUT2D eigenvalue weighted by Crippen LogP contribution is 2.19. The number of aromatic nitrogens is 3. The number of hydrogen-bond acceptors (Lipinski definition) is 5. The van der Waals surface area contributed by atoms with Crippen molar-refractivity contribution in [3.8, 4) is 0 Å². The number of hydrazone groups is 1. The molecule has 1 N–H and O–H groups in total. The van der Waals surface area contributed by atoms with Crippen molar-refractivity contribution in [3.05, 3.63) is 52.5 Å². The van der Waals surface area contributed by atoms with E-state index in [1.807, 2.05) is 11.6 Å². The Kier molecular flexibility index (Phi) is 3.44. The summed E-state index contributed by atoms with van der Waals surface area (Å²) in [5, 5.41) is 6.11. The quantitative estimate of drug-likeness (QED) is 0.595. The van der Waals surface area contributed by atoms with Gasteiger partial charge in [0.25, 0.3) is 5.91 Å². The van der Waals surface area contributed by atoms with Gasteiger partial charge in [-0.25, -0.2) is 10.4 Å². The fourth-order valence-electron chi connectivity index (χ4n) is 1.60. The number of thiazole rings is 1. The third-order valence-electron chi connectivity index (χ3n) is 2.50. The number of hydrogen-bond donors (Lipinski definition) is 1. The van der Waals surface area contributed by atoms with Crippen LogP contribution in [-0.2, 0) is 0 Å². The number of rotatable bonds is 3. The first kappa shape index (κ1) is 12.8. The van der Waals surface area contributed by atoms with Gasteiger partial charge in [0.2, 0.25) is 0 Å². The number of carbonyl (C=O) groups is 1. The average Bonchev–Trinajstić information content (AvgIpc) is 3.02. The molecule has 0 radical (unpaired) electrons. The summed E-state index contributed by atoms with van der Waals surface area (Å²) in [7, 11) is 0. The molecule has 0 saturated heterocycles. The lowest BCUT2D eigenvalue weighted by Crippen LogP contribution is -2.18. The smallest absolute Gasteiger partial charge is 0.288 e. The Balaban J connectivity index is 1.76. The van der Waals surface area contributed by atoms with E-state index >= 15 is 0 Å². The lowest BCUT2D eigenvalue weighted by Gasteiger charge is -1.97. The summed E-state index contributed by atoms with van der Waals surface area (Å²) in [5.41, 5.74) is 3.30. The molecule has 0 aromatic carbocycles. The lowest BCUT2D eigenvalue weighted by atomic mass is 10.3. The van der Waals surface area contributed by atoms with E-state index < -0.39 is 0 Å². The van der Waals surface area contributed by atoms with Gasteiger partial charge in [0.05, 0.1) is 6.21 Å². The van der Waals surface area contributed by atoms with Crippen LogP contribution >= 0.6 is 22.9 Å². The van der Waals surface area contributed by atoms with Gasteiger partial charge < -0.3 is 0 Å². The molecule has 3 aromatic rings. The number of fused-ring (bicyclic) bond motifs is 1. The van der Waals surface area contributed by atoms with Crippen molar-refractivity contribution >= 4 is 40.0 Å². The van der Waals surface area contributed by atoms with E-state index in [4.69, 9.17) is 11.6 Å². The summed E-state index contributed by atoms with van der Waals surface area (Å²) in [4.78, 5) is 20.6. The number of imidazole rings is 1. The second-order valence-electron chi connectivity index (χ2n) is 3.76. The monoisotopic (exact) mass is 305 g/mol. The third kappa shape index (κ3) is 2.40. The minimum absolute atomic E-state index is 0.296. The van der Waals surface area contributed by atoms with Crippen LogP contribution in [-0.4, -0.2) is 26.5 Å². The minimum atomic E-state index is -0.385. The largest absolute Gasteiger partial charge is 0.289 e. The first-order valence-corrected chi connectivity index (χ1v) is 6.87. The highest BCUT2D eigenvalue weighted by Gasteiger charge is 2.09. The second kappa shape index (κ2) is 5.40. The molecule has 20 heavy (non-hydrogen) atoms. The Morgan fingerprint density at radius 2 is 2.40 bits per heavy atom. The Labute approximate surface area is 122 Å². The SMILES string of the molecule is O=C(N/N=C\c1c(Cl)nc2sccn12)c1ccccn1. The molecular formula is C12H8ClN5OS. The van der Waals surface area contributed by atoms with Crippen molar-refractivity contribution < 1.29 is 4.79 Å². The van der Waals surface area contributed by atoms with E-state index in [9.17, 15) is 4.79 Å². The number of nitrogens with zero attached hydrogens (tertiary/aromatic N) is 4. The van der Waals surface area contributed by atoms with Crippen LogP contribution in [0.1, 0.15) is 16.2 Å². The zero-order chi connectivity index (χ0) is 13.9. The molecular weight excluding hydrogens is 298 g/mol. The normalized spacial score (nSPS) is 11.2. The van der Waals surface area contributed by atoms with Gasteiger partial charge in [-0.05, 0) is 12.1 Å². The van der Waals surface area contributed by atoms with E-state index in [1.165, 1.54) is 17.6 Å². The van der Waals surface area contributed by atoms with Crippen LogP contribution in [0.15, 0.2) is 41.1 Å². The predicted molar refractivity (Wildman–Crippen MR) is 77.4 cm³/mol. The number of amides is 1. The first-order chi connectivity index (χ1) is 9.75. The zero-order valence-corrected chi connectivity index (χ0v) is 11.6. The maximum atomic E-state index is 11.7. The second-order valence-corrected chi connectivity index (χ2v) is 4.99. The molecule has 0 bridgehead atoms. The van der Waals surface area contributed by atoms with Gasteiger partial charge in [-0.15, -0.1) is 11.3 Å². The highest BCUT2D eigenvalue weighted by molar-refractivity contribution is 7.15. The van der Waals surface area contributed by atoms with E-state index in [0.717, 1.165) is 4.96 Å². The van der Waals surface area contributed by atoms with E-state index in [1.54, 1.807) is 28.8 Å². The molecule has 0 aliphatic heterocycles. The standard InChI is InChI=1S/C12H8ClN5OS/c13-10-9(18-5-6-20-12(18)16-10)7-15-17-11(19)8-3-1-2-4-14-8/h1-7H,(H,17,19)/b15-7-. The van der Waals surface area contributed by atoms with Crippen molar-refractivity contribution in [3.63, 3.8) is 0 Å². The molecule has 0 aliphatic rings. The van der Waals surface area contributed by atoms with Gasteiger partial charge in [-0.3, -0.25) is 14.2 Å². The molecule has 6 nitrogen and oxygen atoms in total. The number of nitrogens with one attached hydrogen (secondary N) is 1. The summed E-state index contributed by atoms with van der Waals surface area (Å²) in [6.45, 7) is 0. The van der Waals surface area contributed by atoms with Gasteiger partial charge in [0, 0.05) is 17.8 Å². The number of carbonyl (C=O) groups excluding carboxylic acids is 1. The molecule has 8 heteroatoms. The molecule has 0 saturated carbocycles. The summed E-state index contributed by atoms with van der Waals surface area (Å²) in [6.07, 6.45) is 4.83. The van der Waals surface area contributed by atoms with Crippen LogP contribution in [0.25, 0.3) is 4.96 Å². The fourth-order valence-corrected chi connectivity index (χ4v) is 2.59. The van der Waals surface area contributed by atoms with Crippen LogP contribution in [0.4, 0.5) is 0 Å². The van der Waals surface area contributed by atoms with Crippen LogP contribution in [0.3, 0.4) is 0 Å². The topological polar surface area (TPSA) is 71.7 Å². The number of pyridine rings is 1. The van der Waals surface area contributed by atoms with Gasteiger partial charge in [-0.1, -0.05) is 17.7 Å².